The van der Waals surface area contributed by atoms with Gasteiger partial charge in [0.05, 0.1) is 5.69 Å². The quantitative estimate of drug-likeness (QED) is 0.852. The van der Waals surface area contributed by atoms with Crippen LogP contribution in [0, 0.1) is 11.3 Å². The molecule has 1 unspecified atom stereocenters. The maximum absolute atomic E-state index is 12.5. The average molecular weight is 356 g/mol. The molecular weight excluding hydrogens is 330 g/mol. The molecule has 1 aromatic rings. The van der Waals surface area contributed by atoms with E-state index in [9.17, 15) is 4.79 Å². The lowest BCUT2D eigenvalue weighted by molar-refractivity contribution is -0.118. The van der Waals surface area contributed by atoms with Gasteiger partial charge < -0.3 is 10.6 Å². The summed E-state index contributed by atoms with van der Waals surface area (Å²) in [5.41, 5.74) is 1.55. The second-order valence-electron chi connectivity index (χ2n) is 7.16. The summed E-state index contributed by atoms with van der Waals surface area (Å²) in [6.07, 6.45) is 10.8. The highest BCUT2D eigenvalue weighted by molar-refractivity contribution is 7.15. The highest BCUT2D eigenvalue weighted by atomic mass is 35.5. The minimum absolute atomic E-state index is 0. The fraction of sp³-hybridized carbons (Fsp3) is 0.765. The Morgan fingerprint density at radius 2 is 1.91 bits per heavy atom. The van der Waals surface area contributed by atoms with Crippen LogP contribution in [-0.2, 0) is 17.6 Å². The molecule has 6 heteroatoms. The lowest BCUT2D eigenvalue weighted by atomic mass is 9.92. The molecule has 23 heavy (non-hydrogen) atoms. The topological polar surface area (TPSA) is 54.0 Å². The molecule has 1 saturated heterocycles. The van der Waals surface area contributed by atoms with Crippen LogP contribution in [0.3, 0.4) is 0 Å². The first-order valence-electron chi connectivity index (χ1n) is 8.77. The third-order valence-electron chi connectivity index (χ3n) is 5.68. The number of amides is 1. The number of anilines is 1. The van der Waals surface area contributed by atoms with Gasteiger partial charge >= 0.3 is 0 Å². The molecule has 1 spiro atoms. The van der Waals surface area contributed by atoms with Crippen molar-refractivity contribution in [3.8, 4) is 0 Å². The number of piperidine rings is 1. The van der Waals surface area contributed by atoms with Gasteiger partial charge in [0.25, 0.3) is 0 Å². The van der Waals surface area contributed by atoms with Crippen LogP contribution in [0.15, 0.2) is 0 Å². The van der Waals surface area contributed by atoms with Gasteiger partial charge in [-0.3, -0.25) is 4.79 Å². The van der Waals surface area contributed by atoms with Crippen LogP contribution >= 0.6 is 23.7 Å². The summed E-state index contributed by atoms with van der Waals surface area (Å²) in [7, 11) is 0. The number of fused-ring (bicyclic) bond motifs is 1. The van der Waals surface area contributed by atoms with Crippen molar-refractivity contribution in [3.63, 3.8) is 0 Å². The van der Waals surface area contributed by atoms with Crippen LogP contribution in [0.4, 0.5) is 5.13 Å². The zero-order valence-electron chi connectivity index (χ0n) is 13.5. The fourth-order valence-electron chi connectivity index (χ4n) is 4.15. The summed E-state index contributed by atoms with van der Waals surface area (Å²) in [6.45, 7) is 2.13. The number of carbonyl (C=O) groups excluding carboxylic acids is 1. The minimum Gasteiger partial charge on any atom is -0.317 e. The summed E-state index contributed by atoms with van der Waals surface area (Å²) >= 11 is 1.71. The van der Waals surface area contributed by atoms with Gasteiger partial charge in [0.15, 0.2) is 5.13 Å². The Morgan fingerprint density at radius 1 is 1.17 bits per heavy atom. The Hall–Kier alpha value is -0.650. The Morgan fingerprint density at radius 3 is 2.70 bits per heavy atom. The number of aromatic nitrogens is 1. The number of aryl methyl sites for hydroxylation is 2. The third kappa shape index (κ3) is 3.57. The van der Waals surface area contributed by atoms with Gasteiger partial charge in [0.2, 0.25) is 5.91 Å². The first-order valence-corrected chi connectivity index (χ1v) is 9.59. The van der Waals surface area contributed by atoms with Crippen molar-refractivity contribution < 1.29 is 4.79 Å². The first-order chi connectivity index (χ1) is 10.8. The third-order valence-corrected chi connectivity index (χ3v) is 6.75. The summed E-state index contributed by atoms with van der Waals surface area (Å²) in [6, 6.07) is 0. The van der Waals surface area contributed by atoms with Gasteiger partial charge in [0.1, 0.15) is 0 Å². The Bertz CT molecular complexity index is 543. The van der Waals surface area contributed by atoms with E-state index in [1.807, 2.05) is 0 Å². The summed E-state index contributed by atoms with van der Waals surface area (Å²) in [5.74, 6) is 0.435. The zero-order valence-corrected chi connectivity index (χ0v) is 15.2. The second-order valence-corrected chi connectivity index (χ2v) is 8.25. The summed E-state index contributed by atoms with van der Waals surface area (Å²) in [4.78, 5) is 18.6. The lowest BCUT2D eigenvalue weighted by Gasteiger charge is -2.22. The van der Waals surface area contributed by atoms with E-state index in [0.29, 0.717) is 5.41 Å². The Labute approximate surface area is 148 Å². The number of nitrogens with one attached hydrogen (secondary N) is 2. The van der Waals surface area contributed by atoms with Crippen LogP contribution < -0.4 is 10.6 Å². The molecule has 0 aromatic carbocycles. The maximum Gasteiger partial charge on any atom is 0.229 e. The Balaban J connectivity index is 0.00000156. The van der Waals surface area contributed by atoms with Crippen molar-refractivity contribution in [2.75, 3.05) is 18.4 Å². The second kappa shape index (κ2) is 7.08. The molecule has 2 fully saturated rings. The van der Waals surface area contributed by atoms with Crippen molar-refractivity contribution >= 4 is 34.8 Å². The normalized spacial score (nSPS) is 25.7. The van der Waals surface area contributed by atoms with E-state index in [2.05, 4.69) is 10.6 Å². The molecule has 1 aromatic heterocycles. The predicted octanol–water partition coefficient (Wildman–Crippen LogP) is 3.55. The molecule has 2 N–H and O–H groups in total. The average Bonchev–Trinajstić information content (AvgIpc) is 3.06. The zero-order chi connectivity index (χ0) is 15.0. The molecule has 1 saturated carbocycles. The van der Waals surface area contributed by atoms with Gasteiger partial charge in [-0.05, 0) is 63.5 Å². The largest absolute Gasteiger partial charge is 0.317 e. The molecule has 2 aliphatic carbocycles. The van der Waals surface area contributed by atoms with Gasteiger partial charge in [-0.2, -0.15) is 0 Å². The molecule has 1 aliphatic heterocycles. The monoisotopic (exact) mass is 355 g/mol. The van der Waals surface area contributed by atoms with E-state index in [1.54, 1.807) is 11.3 Å². The molecular formula is C17H26ClN3OS. The van der Waals surface area contributed by atoms with Crippen molar-refractivity contribution in [2.24, 2.45) is 11.3 Å². The van der Waals surface area contributed by atoms with Crippen LogP contribution in [0.25, 0.3) is 0 Å². The van der Waals surface area contributed by atoms with Gasteiger partial charge in [-0.15, -0.1) is 23.7 Å². The van der Waals surface area contributed by atoms with E-state index in [4.69, 9.17) is 4.98 Å². The number of rotatable bonds is 2. The SMILES string of the molecule is Cl.O=C(Nc1nc2c(s1)CCCCCC2)C1CC12CCNCC2. The number of hydrogen-bond acceptors (Lipinski definition) is 4. The van der Waals surface area contributed by atoms with Crippen LogP contribution in [-0.4, -0.2) is 24.0 Å². The number of nitrogens with zero attached hydrogens (tertiary/aromatic N) is 1. The van der Waals surface area contributed by atoms with E-state index < -0.39 is 0 Å². The van der Waals surface area contributed by atoms with Crippen molar-refractivity contribution in [1.82, 2.24) is 10.3 Å². The van der Waals surface area contributed by atoms with Crippen LogP contribution in [0.2, 0.25) is 0 Å². The van der Waals surface area contributed by atoms with Gasteiger partial charge in [-0.1, -0.05) is 12.8 Å². The number of hydrogen-bond donors (Lipinski definition) is 2. The van der Waals surface area contributed by atoms with E-state index in [-0.39, 0.29) is 24.2 Å². The van der Waals surface area contributed by atoms with Crippen molar-refractivity contribution in [2.45, 2.75) is 57.8 Å². The molecule has 0 bridgehead atoms. The molecule has 3 aliphatic rings. The minimum atomic E-state index is 0. The standard InChI is InChI=1S/C17H25N3OS.ClH/c21-15(12-11-17(12)7-9-18-10-8-17)20-16-19-13-5-3-1-2-4-6-14(13)22-16;/h12,18H,1-11H2,(H,19,20,21);1H. The van der Waals surface area contributed by atoms with Gasteiger partial charge in [0, 0.05) is 10.8 Å². The maximum atomic E-state index is 12.5. The highest BCUT2D eigenvalue weighted by Gasteiger charge is 2.57. The molecule has 128 valence electrons. The summed E-state index contributed by atoms with van der Waals surface area (Å²) in [5, 5.41) is 7.35. The van der Waals surface area contributed by atoms with Crippen LogP contribution in [0.1, 0.15) is 55.5 Å². The first kappa shape index (κ1) is 17.2. The molecule has 4 nitrogen and oxygen atoms in total. The predicted molar refractivity (Wildman–Crippen MR) is 96.5 cm³/mol. The number of carbonyl (C=O) groups is 1. The molecule has 2 heterocycles. The van der Waals surface area contributed by atoms with Crippen molar-refractivity contribution in [1.29, 1.82) is 0 Å². The molecule has 4 rings (SSSR count). The van der Waals surface area contributed by atoms with E-state index >= 15 is 0 Å². The smallest absolute Gasteiger partial charge is 0.229 e. The highest BCUT2D eigenvalue weighted by Crippen LogP contribution is 2.58. The van der Waals surface area contributed by atoms with Crippen LogP contribution in [0.5, 0.6) is 0 Å². The lowest BCUT2D eigenvalue weighted by Crippen LogP contribution is -2.31. The Kier molecular flexibility index (Phi) is 5.29. The van der Waals surface area contributed by atoms with Crippen molar-refractivity contribution in [3.05, 3.63) is 10.6 Å². The van der Waals surface area contributed by atoms with E-state index in [0.717, 1.165) is 50.3 Å². The summed E-state index contributed by atoms with van der Waals surface area (Å²) < 4.78 is 0. The fourth-order valence-corrected chi connectivity index (χ4v) is 5.20. The molecule has 0 radical (unpaired) electrons. The molecule has 1 amide bonds. The number of thiazole rings is 1. The molecule has 1 atom stereocenters. The van der Waals surface area contributed by atoms with E-state index in [1.165, 1.54) is 36.3 Å². The van der Waals surface area contributed by atoms with Gasteiger partial charge in [-0.25, -0.2) is 4.98 Å². The number of halogens is 1.